The second kappa shape index (κ2) is 6.86. The molecule has 4 rings (SSSR count). The quantitative estimate of drug-likeness (QED) is 0.596. The molecule has 0 aliphatic carbocycles. The van der Waals surface area contributed by atoms with E-state index in [0.717, 1.165) is 5.56 Å². The van der Waals surface area contributed by atoms with Crippen molar-refractivity contribution < 1.29 is 19.0 Å². The second-order valence-electron chi connectivity index (χ2n) is 7.59. The summed E-state index contributed by atoms with van der Waals surface area (Å²) in [5, 5.41) is 12.4. The molecular formula is C20H19BrFNO4S. The maximum absolute atomic E-state index is 15.3. The van der Waals surface area contributed by atoms with Gasteiger partial charge < -0.3 is 19.1 Å². The highest BCUT2D eigenvalue weighted by Crippen LogP contribution is 2.44. The highest BCUT2D eigenvalue weighted by atomic mass is 79.9. The first-order valence-corrected chi connectivity index (χ1v) is 10.4. The molecule has 28 heavy (non-hydrogen) atoms. The number of ether oxygens (including phenoxy) is 2. The molecule has 1 unspecified atom stereocenters. The number of para-hydroxylation sites is 1. The van der Waals surface area contributed by atoms with Gasteiger partial charge in [-0.3, -0.25) is 4.79 Å². The number of hydrogen-bond donors (Lipinski definition) is 1. The molecule has 148 valence electrons. The predicted molar refractivity (Wildman–Crippen MR) is 110 cm³/mol. The molecule has 2 aromatic heterocycles. The number of hydrogen-bond acceptors (Lipinski definition) is 5. The maximum Gasteiger partial charge on any atom is 0.231 e. The van der Waals surface area contributed by atoms with Crippen LogP contribution in [-0.2, 0) is 12.0 Å². The molecule has 0 fully saturated rings. The Morgan fingerprint density at radius 3 is 2.89 bits per heavy atom. The summed E-state index contributed by atoms with van der Waals surface area (Å²) in [4.78, 5) is 12.2. The highest BCUT2D eigenvalue weighted by Gasteiger charge is 2.39. The number of nitrogens with zero attached hydrogens (tertiary/aromatic N) is 1. The van der Waals surface area contributed by atoms with Gasteiger partial charge in [0.05, 0.1) is 21.2 Å². The molecule has 3 heterocycles. The van der Waals surface area contributed by atoms with Gasteiger partial charge in [0.2, 0.25) is 18.1 Å². The van der Waals surface area contributed by atoms with E-state index in [0.29, 0.717) is 26.2 Å². The highest BCUT2D eigenvalue weighted by molar-refractivity contribution is 9.10. The Hall–Kier alpha value is -1.90. The molecule has 0 amide bonds. The number of pyridine rings is 1. The van der Waals surface area contributed by atoms with Gasteiger partial charge in [0.1, 0.15) is 0 Å². The number of fused-ring (bicyclic) bond motifs is 2. The van der Waals surface area contributed by atoms with E-state index in [1.165, 1.54) is 17.5 Å². The molecule has 1 N–H and O–H groups in total. The van der Waals surface area contributed by atoms with Crippen molar-refractivity contribution in [1.29, 1.82) is 0 Å². The van der Waals surface area contributed by atoms with Crippen LogP contribution in [0.4, 0.5) is 4.39 Å². The second-order valence-corrected chi connectivity index (χ2v) is 9.36. The van der Waals surface area contributed by atoms with Crippen molar-refractivity contribution in [2.24, 2.45) is 0 Å². The van der Waals surface area contributed by atoms with Crippen molar-refractivity contribution >= 4 is 37.5 Å². The number of thiophene rings is 1. The summed E-state index contributed by atoms with van der Waals surface area (Å²) < 4.78 is 28.7. The van der Waals surface area contributed by atoms with Gasteiger partial charge in [-0.1, -0.05) is 26.0 Å². The first kappa shape index (κ1) is 19.4. The first-order valence-electron chi connectivity index (χ1n) is 8.74. The van der Waals surface area contributed by atoms with Gasteiger partial charge in [0.25, 0.3) is 0 Å². The van der Waals surface area contributed by atoms with Crippen LogP contribution in [0.1, 0.15) is 25.8 Å². The fraction of sp³-hybridized carbons (Fsp3) is 0.350. The average Bonchev–Trinajstić information content (AvgIpc) is 3.27. The molecule has 0 spiro atoms. The lowest BCUT2D eigenvalue weighted by atomic mass is 9.78. The third kappa shape index (κ3) is 3.44. The lowest BCUT2D eigenvalue weighted by Crippen LogP contribution is -2.37. The largest absolute Gasteiger partial charge is 0.454 e. The standard InChI is InChI=1S/C20H19BrFNO4S/c1-19(2,12-4-3-5-15-17(12)27-11-26-15)9-20(22,25)10-23-8-13(21)16(24)18-14(23)6-7-28-18/h3-8,25H,9-11H2,1-2H3. The third-order valence-electron chi connectivity index (χ3n) is 4.90. The topological polar surface area (TPSA) is 60.7 Å². The zero-order valence-corrected chi connectivity index (χ0v) is 17.8. The minimum Gasteiger partial charge on any atom is -0.454 e. The number of halogens is 2. The Balaban J connectivity index is 1.65. The Morgan fingerprint density at radius 1 is 1.32 bits per heavy atom. The van der Waals surface area contributed by atoms with Crippen molar-refractivity contribution in [3.63, 3.8) is 0 Å². The number of aromatic nitrogens is 1. The SMILES string of the molecule is CC(C)(CC(O)(F)Cn1cc(Br)c(=O)c2sccc21)c1cccc2c1OCO2. The van der Waals surface area contributed by atoms with Crippen molar-refractivity contribution in [2.75, 3.05) is 6.79 Å². The average molecular weight is 468 g/mol. The number of aliphatic hydroxyl groups is 1. The first-order chi connectivity index (χ1) is 13.2. The molecule has 1 aromatic carbocycles. The van der Waals surface area contributed by atoms with Crippen LogP contribution >= 0.6 is 27.3 Å². The smallest absolute Gasteiger partial charge is 0.231 e. The lowest BCUT2D eigenvalue weighted by molar-refractivity contribution is -0.118. The summed E-state index contributed by atoms with van der Waals surface area (Å²) in [5.41, 5.74) is 0.526. The van der Waals surface area contributed by atoms with Crippen molar-refractivity contribution in [1.82, 2.24) is 4.57 Å². The minimum atomic E-state index is -2.50. The Bertz CT molecular complexity index is 1110. The van der Waals surface area contributed by atoms with E-state index < -0.39 is 11.3 Å². The van der Waals surface area contributed by atoms with Crippen LogP contribution in [0, 0.1) is 0 Å². The zero-order chi connectivity index (χ0) is 20.1. The van der Waals surface area contributed by atoms with Crippen molar-refractivity contribution in [2.45, 2.75) is 38.1 Å². The molecule has 8 heteroatoms. The van der Waals surface area contributed by atoms with Crippen LogP contribution in [0.15, 0.2) is 45.1 Å². The van der Waals surface area contributed by atoms with Gasteiger partial charge in [-0.15, -0.1) is 11.3 Å². The van der Waals surface area contributed by atoms with Gasteiger partial charge in [-0.05, 0) is 38.9 Å². The number of benzene rings is 1. The van der Waals surface area contributed by atoms with Crippen molar-refractivity contribution in [3.05, 3.63) is 56.1 Å². The Morgan fingerprint density at radius 2 is 2.11 bits per heavy atom. The molecule has 1 aliphatic heterocycles. The molecule has 0 saturated carbocycles. The Kier molecular flexibility index (Phi) is 4.76. The van der Waals surface area contributed by atoms with Gasteiger partial charge in [0.15, 0.2) is 11.5 Å². The predicted octanol–water partition coefficient (Wildman–Crippen LogP) is 4.58. The van der Waals surface area contributed by atoms with Gasteiger partial charge in [-0.25, -0.2) is 4.39 Å². The van der Waals surface area contributed by atoms with Crippen LogP contribution in [0.5, 0.6) is 11.5 Å². The van der Waals surface area contributed by atoms with E-state index >= 15 is 4.39 Å². The van der Waals surface area contributed by atoms with Crippen LogP contribution in [0.25, 0.3) is 10.2 Å². The van der Waals surface area contributed by atoms with Gasteiger partial charge >= 0.3 is 0 Å². The lowest BCUT2D eigenvalue weighted by Gasteiger charge is -2.32. The monoisotopic (exact) mass is 467 g/mol. The summed E-state index contributed by atoms with van der Waals surface area (Å²) in [7, 11) is 0. The minimum absolute atomic E-state index is 0.129. The summed E-state index contributed by atoms with van der Waals surface area (Å²) in [5.74, 6) is -1.29. The molecule has 0 radical (unpaired) electrons. The summed E-state index contributed by atoms with van der Waals surface area (Å²) >= 11 is 4.52. The van der Waals surface area contributed by atoms with E-state index in [9.17, 15) is 9.90 Å². The third-order valence-corrected chi connectivity index (χ3v) is 6.36. The molecule has 0 bridgehead atoms. The molecule has 1 atom stereocenters. The summed E-state index contributed by atoms with van der Waals surface area (Å²) in [6, 6.07) is 7.24. The van der Waals surface area contributed by atoms with E-state index in [1.54, 1.807) is 22.1 Å². The molecule has 0 saturated heterocycles. The van der Waals surface area contributed by atoms with Crippen LogP contribution in [0.2, 0.25) is 0 Å². The van der Waals surface area contributed by atoms with E-state index in [1.807, 2.05) is 26.0 Å². The maximum atomic E-state index is 15.3. The molecular weight excluding hydrogens is 449 g/mol. The molecule has 1 aliphatic rings. The fourth-order valence-corrected chi connectivity index (χ4v) is 5.19. The fourth-order valence-electron chi connectivity index (χ4n) is 3.76. The van der Waals surface area contributed by atoms with Crippen LogP contribution < -0.4 is 14.9 Å². The zero-order valence-electron chi connectivity index (χ0n) is 15.4. The van der Waals surface area contributed by atoms with E-state index in [-0.39, 0.29) is 25.2 Å². The van der Waals surface area contributed by atoms with Crippen molar-refractivity contribution in [3.8, 4) is 11.5 Å². The van der Waals surface area contributed by atoms with Crippen LogP contribution in [0.3, 0.4) is 0 Å². The normalized spacial score (nSPS) is 15.8. The molecule has 5 nitrogen and oxygen atoms in total. The summed E-state index contributed by atoms with van der Waals surface area (Å²) in [6.45, 7) is 3.55. The van der Waals surface area contributed by atoms with Gasteiger partial charge in [0, 0.05) is 18.2 Å². The number of rotatable bonds is 5. The number of alkyl halides is 1. The molecule has 3 aromatic rings. The van der Waals surface area contributed by atoms with Gasteiger partial charge in [-0.2, -0.15) is 0 Å². The van der Waals surface area contributed by atoms with E-state index in [2.05, 4.69) is 15.9 Å². The van der Waals surface area contributed by atoms with E-state index in [4.69, 9.17) is 9.47 Å². The van der Waals surface area contributed by atoms with Crippen LogP contribution in [-0.4, -0.2) is 22.3 Å². The Labute approximate surface area is 173 Å². The summed E-state index contributed by atoms with van der Waals surface area (Å²) in [6.07, 6.45) is 1.36.